The fourth-order valence-corrected chi connectivity index (χ4v) is 4.47. The summed E-state index contributed by atoms with van der Waals surface area (Å²) in [7, 11) is 3.11. The van der Waals surface area contributed by atoms with Crippen molar-refractivity contribution in [2.45, 2.75) is 26.8 Å². The second kappa shape index (κ2) is 5.23. The molecule has 1 aliphatic heterocycles. The summed E-state index contributed by atoms with van der Waals surface area (Å²) in [5.74, 6) is 0.947. The number of carbonyl (C=O) groups is 1. The smallest absolute Gasteiger partial charge is 0.313 e. The molecule has 1 saturated heterocycles. The standard InChI is InChI=1S/C17H24N2O3/c1-16(2)10-17(15(20)22-4)11-19(9-13(16)17)8-12-5-6-14(21-3)18-7-12/h5-7,13H,8-11H2,1-4H3/t13-,17+/m1/s1. The third-order valence-corrected chi connectivity index (χ3v) is 5.33. The van der Waals surface area contributed by atoms with Crippen LogP contribution >= 0.6 is 0 Å². The van der Waals surface area contributed by atoms with E-state index in [2.05, 4.69) is 23.7 Å². The van der Waals surface area contributed by atoms with Crippen LogP contribution in [0.3, 0.4) is 0 Å². The maximum Gasteiger partial charge on any atom is 0.313 e. The summed E-state index contributed by atoms with van der Waals surface area (Å²) in [6.45, 7) is 7.02. The molecule has 0 radical (unpaired) electrons. The zero-order valence-electron chi connectivity index (χ0n) is 13.8. The number of rotatable bonds is 4. The van der Waals surface area contributed by atoms with Crippen LogP contribution in [0.2, 0.25) is 0 Å². The van der Waals surface area contributed by atoms with Crippen molar-refractivity contribution >= 4 is 5.97 Å². The van der Waals surface area contributed by atoms with Crippen LogP contribution in [0, 0.1) is 16.7 Å². The Morgan fingerprint density at radius 2 is 2.18 bits per heavy atom. The summed E-state index contributed by atoms with van der Waals surface area (Å²) in [5.41, 5.74) is 1.04. The predicted molar refractivity (Wildman–Crippen MR) is 82.4 cm³/mol. The van der Waals surface area contributed by atoms with Crippen molar-refractivity contribution in [3.8, 4) is 5.88 Å². The number of ether oxygens (including phenoxy) is 2. The fourth-order valence-electron chi connectivity index (χ4n) is 4.47. The van der Waals surface area contributed by atoms with E-state index in [1.54, 1.807) is 7.11 Å². The monoisotopic (exact) mass is 304 g/mol. The molecular formula is C17H24N2O3. The first kappa shape index (κ1) is 15.3. The lowest BCUT2D eigenvalue weighted by Crippen LogP contribution is -2.57. The summed E-state index contributed by atoms with van der Waals surface area (Å²) in [4.78, 5) is 18.9. The zero-order chi connectivity index (χ0) is 16.0. The van der Waals surface area contributed by atoms with E-state index in [4.69, 9.17) is 9.47 Å². The molecule has 0 aromatic carbocycles. The number of nitrogens with zero attached hydrogens (tertiary/aromatic N) is 2. The van der Waals surface area contributed by atoms with E-state index < -0.39 is 0 Å². The highest BCUT2D eigenvalue weighted by molar-refractivity contribution is 5.79. The zero-order valence-corrected chi connectivity index (χ0v) is 13.8. The number of pyridine rings is 1. The van der Waals surface area contributed by atoms with Gasteiger partial charge in [-0.25, -0.2) is 4.98 Å². The molecule has 0 N–H and O–H groups in total. The number of methoxy groups -OCH3 is 2. The van der Waals surface area contributed by atoms with Crippen LogP contribution in [0.15, 0.2) is 18.3 Å². The molecule has 2 heterocycles. The first-order valence-corrected chi connectivity index (χ1v) is 7.71. The fraction of sp³-hybridized carbons (Fsp3) is 0.647. The van der Waals surface area contributed by atoms with Gasteiger partial charge in [0.2, 0.25) is 5.88 Å². The van der Waals surface area contributed by atoms with Crippen LogP contribution in [0.4, 0.5) is 0 Å². The quantitative estimate of drug-likeness (QED) is 0.798. The average molecular weight is 304 g/mol. The van der Waals surface area contributed by atoms with Crippen molar-refractivity contribution in [1.82, 2.24) is 9.88 Å². The molecule has 1 aromatic rings. The molecule has 0 bridgehead atoms. The van der Waals surface area contributed by atoms with Gasteiger partial charge in [-0.3, -0.25) is 9.69 Å². The lowest BCUT2D eigenvalue weighted by molar-refractivity contribution is -0.174. The van der Waals surface area contributed by atoms with Crippen LogP contribution in [0.25, 0.3) is 0 Å². The van der Waals surface area contributed by atoms with Crippen molar-refractivity contribution in [3.05, 3.63) is 23.9 Å². The van der Waals surface area contributed by atoms with Gasteiger partial charge in [-0.2, -0.15) is 0 Å². The molecular weight excluding hydrogens is 280 g/mol. The van der Waals surface area contributed by atoms with E-state index in [1.165, 1.54) is 7.11 Å². The number of hydrogen-bond donors (Lipinski definition) is 0. The minimum absolute atomic E-state index is 0.0489. The van der Waals surface area contributed by atoms with E-state index in [0.29, 0.717) is 11.8 Å². The van der Waals surface area contributed by atoms with Gasteiger partial charge in [-0.05, 0) is 23.3 Å². The maximum absolute atomic E-state index is 12.3. The molecule has 5 nitrogen and oxygen atoms in total. The van der Waals surface area contributed by atoms with Crippen LogP contribution in [-0.2, 0) is 16.1 Å². The minimum atomic E-state index is -0.307. The van der Waals surface area contributed by atoms with Crippen molar-refractivity contribution in [3.63, 3.8) is 0 Å². The molecule has 2 fully saturated rings. The summed E-state index contributed by atoms with van der Waals surface area (Å²) >= 11 is 0. The first-order valence-electron chi connectivity index (χ1n) is 7.71. The number of esters is 1. The molecule has 2 aliphatic rings. The first-order chi connectivity index (χ1) is 10.4. The second-order valence-electron chi connectivity index (χ2n) is 7.24. The molecule has 0 amide bonds. The molecule has 0 spiro atoms. The van der Waals surface area contributed by atoms with Gasteiger partial charge < -0.3 is 9.47 Å². The maximum atomic E-state index is 12.3. The van der Waals surface area contributed by atoms with Gasteiger partial charge in [-0.1, -0.05) is 19.9 Å². The number of hydrogen-bond acceptors (Lipinski definition) is 5. The van der Waals surface area contributed by atoms with E-state index in [1.807, 2.05) is 18.3 Å². The number of carbonyl (C=O) groups excluding carboxylic acids is 1. The molecule has 22 heavy (non-hydrogen) atoms. The highest BCUT2D eigenvalue weighted by atomic mass is 16.5. The van der Waals surface area contributed by atoms with Crippen LogP contribution in [0.1, 0.15) is 25.8 Å². The summed E-state index contributed by atoms with van der Waals surface area (Å²) in [6, 6.07) is 3.90. The number of aromatic nitrogens is 1. The highest BCUT2D eigenvalue weighted by Gasteiger charge is 2.67. The molecule has 3 rings (SSSR count). The van der Waals surface area contributed by atoms with Gasteiger partial charge in [0.05, 0.1) is 19.6 Å². The predicted octanol–water partition coefficient (Wildman–Crippen LogP) is 2.11. The SMILES string of the molecule is COC(=O)[C@@]12CN(Cc3ccc(OC)nc3)C[C@@H]1C(C)(C)C2. The lowest BCUT2D eigenvalue weighted by atomic mass is 9.48. The Morgan fingerprint density at radius 3 is 2.73 bits per heavy atom. The van der Waals surface area contributed by atoms with Gasteiger partial charge >= 0.3 is 5.97 Å². The number of likely N-dealkylation sites (tertiary alicyclic amines) is 1. The summed E-state index contributed by atoms with van der Waals surface area (Å²) < 4.78 is 10.2. The number of fused-ring (bicyclic) bond motifs is 1. The molecule has 1 saturated carbocycles. The Kier molecular flexibility index (Phi) is 3.63. The third kappa shape index (κ3) is 2.28. The molecule has 2 atom stereocenters. The Hall–Kier alpha value is -1.62. The highest BCUT2D eigenvalue weighted by Crippen LogP contribution is 2.63. The summed E-state index contributed by atoms with van der Waals surface area (Å²) in [6.07, 6.45) is 2.75. The van der Waals surface area contributed by atoms with Gasteiger partial charge in [0.25, 0.3) is 0 Å². The van der Waals surface area contributed by atoms with Crippen LogP contribution in [0.5, 0.6) is 5.88 Å². The van der Waals surface area contributed by atoms with E-state index in [9.17, 15) is 4.79 Å². The largest absolute Gasteiger partial charge is 0.481 e. The Labute approximate surface area is 131 Å². The van der Waals surface area contributed by atoms with Gasteiger partial charge in [0.1, 0.15) is 0 Å². The Balaban J connectivity index is 1.73. The topological polar surface area (TPSA) is 51.7 Å². The Bertz CT molecular complexity index is 570. The van der Waals surface area contributed by atoms with Gasteiger partial charge in [0.15, 0.2) is 0 Å². The minimum Gasteiger partial charge on any atom is -0.481 e. The summed E-state index contributed by atoms with van der Waals surface area (Å²) in [5, 5.41) is 0. The normalized spacial score (nSPS) is 29.5. The van der Waals surface area contributed by atoms with Crippen molar-refractivity contribution in [1.29, 1.82) is 0 Å². The second-order valence-corrected chi connectivity index (χ2v) is 7.24. The van der Waals surface area contributed by atoms with Gasteiger partial charge in [-0.15, -0.1) is 0 Å². The lowest BCUT2D eigenvalue weighted by Gasteiger charge is -2.54. The molecule has 5 heteroatoms. The van der Waals surface area contributed by atoms with E-state index >= 15 is 0 Å². The third-order valence-electron chi connectivity index (χ3n) is 5.33. The van der Waals surface area contributed by atoms with Crippen molar-refractivity contribution in [2.75, 3.05) is 27.3 Å². The van der Waals surface area contributed by atoms with Crippen molar-refractivity contribution < 1.29 is 14.3 Å². The van der Waals surface area contributed by atoms with Crippen LogP contribution in [-0.4, -0.2) is 43.2 Å². The molecule has 1 aromatic heterocycles. The van der Waals surface area contributed by atoms with Crippen molar-refractivity contribution in [2.24, 2.45) is 16.7 Å². The van der Waals surface area contributed by atoms with Gasteiger partial charge in [0, 0.05) is 31.9 Å². The molecule has 1 aliphatic carbocycles. The molecule has 120 valence electrons. The van der Waals surface area contributed by atoms with E-state index in [-0.39, 0.29) is 16.8 Å². The molecule has 0 unspecified atom stereocenters. The average Bonchev–Trinajstić information content (AvgIpc) is 2.82. The Morgan fingerprint density at radius 1 is 1.41 bits per heavy atom. The van der Waals surface area contributed by atoms with E-state index in [0.717, 1.165) is 31.6 Å². The van der Waals surface area contributed by atoms with Crippen LogP contribution < -0.4 is 4.74 Å².